The normalized spacial score (nSPS) is 30.6. The second-order valence-corrected chi connectivity index (χ2v) is 12.0. The molecule has 0 spiro atoms. The van der Waals surface area contributed by atoms with Gasteiger partial charge in [0.2, 0.25) is 0 Å². The van der Waals surface area contributed by atoms with Crippen molar-refractivity contribution in [2.45, 2.75) is 101 Å². The summed E-state index contributed by atoms with van der Waals surface area (Å²) in [5, 5.41) is 0. The Morgan fingerprint density at radius 1 is 0.742 bits per heavy atom. The number of esters is 2. The minimum absolute atomic E-state index is 0.0667. The molecule has 0 aromatic carbocycles. The number of hydrogen-bond donors (Lipinski definition) is 0. The molecule has 31 heavy (non-hydrogen) atoms. The van der Waals surface area contributed by atoms with Gasteiger partial charge in [0.1, 0.15) is 0 Å². The highest BCUT2D eigenvalue weighted by atomic mass is 16.5. The summed E-state index contributed by atoms with van der Waals surface area (Å²) in [4.78, 5) is 27.8. The van der Waals surface area contributed by atoms with Gasteiger partial charge in [0, 0.05) is 0 Å². The van der Waals surface area contributed by atoms with E-state index >= 15 is 0 Å². The van der Waals surface area contributed by atoms with Gasteiger partial charge in [0.05, 0.1) is 24.0 Å². The van der Waals surface area contributed by atoms with Crippen molar-refractivity contribution in [2.75, 3.05) is 13.2 Å². The Labute approximate surface area is 190 Å². The molecule has 0 radical (unpaired) electrons. The van der Waals surface area contributed by atoms with Gasteiger partial charge in [-0.25, -0.2) is 0 Å². The van der Waals surface area contributed by atoms with E-state index in [9.17, 15) is 9.59 Å². The molecule has 2 aliphatic carbocycles. The highest BCUT2D eigenvalue weighted by Gasteiger charge is 2.75. The molecule has 4 nitrogen and oxygen atoms in total. The molecule has 0 aliphatic heterocycles. The first-order valence-electron chi connectivity index (χ1n) is 12.3. The summed E-state index contributed by atoms with van der Waals surface area (Å²) in [5.74, 6) is -0.268. The minimum atomic E-state index is -0.851. The van der Waals surface area contributed by atoms with Crippen molar-refractivity contribution in [3.63, 3.8) is 0 Å². The van der Waals surface area contributed by atoms with Gasteiger partial charge in [-0.2, -0.15) is 0 Å². The van der Waals surface area contributed by atoms with Crippen LogP contribution in [0.5, 0.6) is 0 Å². The first kappa shape index (κ1) is 25.9. The van der Waals surface area contributed by atoms with E-state index in [1.807, 2.05) is 0 Å². The zero-order valence-corrected chi connectivity index (χ0v) is 21.7. The maximum Gasteiger partial charge on any atom is 0.313 e. The Morgan fingerprint density at radius 2 is 1.06 bits per heavy atom. The van der Waals surface area contributed by atoms with Crippen molar-refractivity contribution in [3.05, 3.63) is 11.1 Å². The van der Waals surface area contributed by atoms with E-state index in [-0.39, 0.29) is 34.6 Å². The third-order valence-electron chi connectivity index (χ3n) is 7.59. The van der Waals surface area contributed by atoms with E-state index in [2.05, 4.69) is 69.2 Å². The van der Waals surface area contributed by atoms with Crippen LogP contribution in [0.25, 0.3) is 0 Å². The summed E-state index contributed by atoms with van der Waals surface area (Å²) < 4.78 is 12.0. The summed E-state index contributed by atoms with van der Waals surface area (Å²) in [7, 11) is 0. The zero-order valence-electron chi connectivity index (χ0n) is 21.7. The maximum absolute atomic E-state index is 13.9. The first-order chi connectivity index (χ1) is 14.3. The quantitative estimate of drug-likeness (QED) is 0.314. The molecule has 1 saturated carbocycles. The van der Waals surface area contributed by atoms with E-state index in [0.29, 0.717) is 26.1 Å². The van der Waals surface area contributed by atoms with Crippen molar-refractivity contribution >= 4 is 11.9 Å². The smallest absolute Gasteiger partial charge is 0.313 e. The topological polar surface area (TPSA) is 52.6 Å². The molecule has 2 aliphatic rings. The van der Waals surface area contributed by atoms with Crippen LogP contribution in [0.1, 0.15) is 101 Å². The van der Waals surface area contributed by atoms with Crippen molar-refractivity contribution in [2.24, 2.45) is 33.5 Å². The van der Waals surface area contributed by atoms with Crippen LogP contribution < -0.4 is 0 Å². The summed E-state index contributed by atoms with van der Waals surface area (Å²) >= 11 is 0. The van der Waals surface area contributed by atoms with E-state index in [4.69, 9.17) is 9.47 Å². The number of carbonyl (C=O) groups excluding carboxylic acids is 2. The number of carbonyl (C=O) groups is 2. The Morgan fingerprint density at radius 3 is 1.29 bits per heavy atom. The molecule has 0 aromatic rings. The molecular weight excluding hydrogens is 388 g/mol. The molecule has 0 heterocycles. The molecule has 2 rings (SSSR count). The van der Waals surface area contributed by atoms with Crippen molar-refractivity contribution in [1.82, 2.24) is 0 Å². The lowest BCUT2D eigenvalue weighted by Gasteiger charge is -2.50. The lowest BCUT2D eigenvalue weighted by molar-refractivity contribution is -0.189. The molecule has 2 unspecified atom stereocenters. The molecule has 2 bridgehead atoms. The van der Waals surface area contributed by atoms with Crippen LogP contribution in [0.15, 0.2) is 11.1 Å². The predicted molar refractivity (Wildman–Crippen MR) is 125 cm³/mol. The number of rotatable bonds is 8. The largest absolute Gasteiger partial charge is 0.465 e. The SMILES string of the molecule is CCC1=C(CC)[C@@H]2C[C@@H]1C(CC)(C(=O)OCC(C)(C)C)C2(CC)C(=O)OCC(C)(C)C. The van der Waals surface area contributed by atoms with Gasteiger partial charge in [0.25, 0.3) is 0 Å². The van der Waals surface area contributed by atoms with Crippen LogP contribution in [0.4, 0.5) is 0 Å². The second kappa shape index (κ2) is 8.90. The fourth-order valence-corrected chi connectivity index (χ4v) is 6.42. The van der Waals surface area contributed by atoms with Gasteiger partial charge in [-0.15, -0.1) is 0 Å². The maximum atomic E-state index is 13.9. The van der Waals surface area contributed by atoms with Gasteiger partial charge < -0.3 is 9.47 Å². The third-order valence-corrected chi connectivity index (χ3v) is 7.59. The zero-order chi connectivity index (χ0) is 23.8. The number of ether oxygens (including phenoxy) is 2. The Balaban J connectivity index is 2.64. The molecule has 0 amide bonds. The number of fused-ring (bicyclic) bond motifs is 2. The minimum Gasteiger partial charge on any atom is -0.465 e. The highest BCUT2D eigenvalue weighted by molar-refractivity contribution is 5.92. The first-order valence-corrected chi connectivity index (χ1v) is 12.3. The monoisotopic (exact) mass is 434 g/mol. The predicted octanol–water partition coefficient (Wildman–Crippen LogP) is 6.72. The number of allylic oxidation sites excluding steroid dienone is 2. The van der Waals surface area contributed by atoms with E-state index in [1.54, 1.807) is 0 Å². The van der Waals surface area contributed by atoms with Gasteiger partial charge in [-0.05, 0) is 54.8 Å². The van der Waals surface area contributed by atoms with Crippen LogP contribution in [0, 0.1) is 33.5 Å². The lowest BCUT2D eigenvalue weighted by atomic mass is 9.52. The third kappa shape index (κ3) is 4.20. The molecule has 4 atom stereocenters. The van der Waals surface area contributed by atoms with E-state index in [1.165, 1.54) is 11.1 Å². The fourth-order valence-electron chi connectivity index (χ4n) is 6.42. The molecule has 4 heteroatoms. The lowest BCUT2D eigenvalue weighted by Crippen LogP contribution is -2.57. The van der Waals surface area contributed by atoms with Crippen LogP contribution in [0.3, 0.4) is 0 Å². The summed E-state index contributed by atoms with van der Waals surface area (Å²) in [6.45, 7) is 21.6. The van der Waals surface area contributed by atoms with E-state index < -0.39 is 10.8 Å². The van der Waals surface area contributed by atoms with Crippen molar-refractivity contribution in [3.8, 4) is 0 Å². The van der Waals surface area contributed by atoms with Crippen molar-refractivity contribution in [1.29, 1.82) is 0 Å². The molecule has 178 valence electrons. The Hall–Kier alpha value is -1.32. The second-order valence-electron chi connectivity index (χ2n) is 12.0. The Bertz CT molecular complexity index is 660. The number of hydrogen-bond acceptors (Lipinski definition) is 4. The van der Waals surface area contributed by atoms with Gasteiger partial charge in [-0.1, -0.05) is 80.4 Å². The van der Waals surface area contributed by atoms with Crippen LogP contribution in [0.2, 0.25) is 0 Å². The summed E-state index contributed by atoms with van der Waals surface area (Å²) in [5.41, 5.74) is 0.821. The molecular formula is C27H46O4. The fraction of sp³-hybridized carbons (Fsp3) is 0.852. The molecule has 0 N–H and O–H groups in total. The Kier molecular flexibility index (Phi) is 7.45. The van der Waals surface area contributed by atoms with Gasteiger partial charge in [0.15, 0.2) is 0 Å². The highest BCUT2D eigenvalue weighted by Crippen LogP contribution is 2.72. The molecule has 0 aromatic heterocycles. The van der Waals surface area contributed by atoms with Gasteiger partial charge >= 0.3 is 11.9 Å². The molecule has 1 fully saturated rings. The average Bonchev–Trinajstić information content (AvgIpc) is 3.20. The van der Waals surface area contributed by atoms with Crippen LogP contribution in [-0.2, 0) is 19.1 Å². The van der Waals surface area contributed by atoms with Crippen LogP contribution >= 0.6 is 0 Å². The average molecular weight is 435 g/mol. The van der Waals surface area contributed by atoms with Gasteiger partial charge in [-0.3, -0.25) is 9.59 Å². The van der Waals surface area contributed by atoms with E-state index in [0.717, 1.165) is 19.3 Å². The summed E-state index contributed by atoms with van der Waals surface area (Å²) in [6, 6.07) is 0. The standard InChI is InChI=1S/C27H46O4/c1-11-18-19(12-2)21-15-20(18)26(13-3,22(28)30-16-24(5,6)7)27(21,14-4)23(29)31-17-25(8,9)10/h20-21H,11-17H2,1-10H3/t20-,21-,26?,27?/m0/s1. The van der Waals surface area contributed by atoms with Crippen molar-refractivity contribution < 1.29 is 19.1 Å². The molecule has 0 saturated heterocycles. The summed E-state index contributed by atoms with van der Waals surface area (Å²) in [6.07, 6.45) is 3.90. The van der Waals surface area contributed by atoms with Crippen LogP contribution in [-0.4, -0.2) is 25.2 Å².